The van der Waals surface area contributed by atoms with Crippen molar-refractivity contribution in [3.8, 4) is 0 Å². The summed E-state index contributed by atoms with van der Waals surface area (Å²) < 4.78 is 14.4. The molecule has 0 aromatic heterocycles. The summed E-state index contributed by atoms with van der Waals surface area (Å²) in [4.78, 5) is 21.2. The highest BCUT2D eigenvalue weighted by atomic mass is 16.7. The fourth-order valence-corrected chi connectivity index (χ4v) is 0.906. The second-order valence-electron chi connectivity index (χ2n) is 2.78. The van der Waals surface area contributed by atoms with Crippen LogP contribution in [0.15, 0.2) is 0 Å². The van der Waals surface area contributed by atoms with Crippen molar-refractivity contribution in [2.75, 3.05) is 13.7 Å². The molecular weight excluding hydrogens is 188 g/mol. The van der Waals surface area contributed by atoms with Crippen molar-refractivity contribution >= 4 is 11.9 Å². The first-order valence-electron chi connectivity index (χ1n) is 4.39. The number of hydrogen-bond acceptors (Lipinski definition) is 5. The van der Waals surface area contributed by atoms with Crippen LogP contribution < -0.4 is 0 Å². The normalized spacial score (nSPS) is 10.0. The molecule has 0 heterocycles. The van der Waals surface area contributed by atoms with Gasteiger partial charge >= 0.3 is 11.9 Å². The van der Waals surface area contributed by atoms with Crippen LogP contribution in [0.25, 0.3) is 0 Å². The molecule has 0 saturated heterocycles. The molecule has 5 heteroatoms. The molecule has 0 amide bonds. The topological polar surface area (TPSA) is 61.8 Å². The van der Waals surface area contributed by atoms with Crippen LogP contribution in [-0.4, -0.2) is 31.9 Å². The van der Waals surface area contributed by atoms with Crippen molar-refractivity contribution in [2.45, 2.75) is 33.0 Å². The Bertz CT molecular complexity index is 174. The van der Waals surface area contributed by atoms with Gasteiger partial charge in [0.05, 0.1) is 0 Å². The average molecular weight is 204 g/mol. The maximum absolute atomic E-state index is 10.6. The van der Waals surface area contributed by atoms with Crippen molar-refractivity contribution in [2.24, 2.45) is 0 Å². The van der Waals surface area contributed by atoms with E-state index in [9.17, 15) is 9.59 Å². The lowest BCUT2D eigenvalue weighted by Crippen LogP contribution is -2.22. The molecule has 0 aliphatic carbocycles. The van der Waals surface area contributed by atoms with E-state index in [0.29, 0.717) is 19.4 Å². The lowest BCUT2D eigenvalue weighted by atomic mass is 10.3. The Hall–Kier alpha value is -1.10. The first-order chi connectivity index (χ1) is 6.56. The highest BCUT2D eigenvalue weighted by molar-refractivity contribution is 5.68. The summed E-state index contributed by atoms with van der Waals surface area (Å²) >= 11 is 0. The van der Waals surface area contributed by atoms with Crippen LogP contribution in [0.3, 0.4) is 0 Å². The summed E-state index contributed by atoms with van der Waals surface area (Å²) in [6.07, 6.45) is 0.328. The first kappa shape index (κ1) is 12.9. The number of carbonyl (C=O) groups is 2. The fraction of sp³-hybridized carbons (Fsp3) is 0.778. The third-order valence-electron chi connectivity index (χ3n) is 1.38. The van der Waals surface area contributed by atoms with Gasteiger partial charge in [-0.15, -0.1) is 0 Å². The minimum atomic E-state index is -0.792. The molecule has 0 fully saturated rings. The molecule has 14 heavy (non-hydrogen) atoms. The Kier molecular flexibility index (Phi) is 6.74. The van der Waals surface area contributed by atoms with Crippen molar-refractivity contribution in [1.82, 2.24) is 0 Å². The van der Waals surface area contributed by atoms with Gasteiger partial charge in [0.2, 0.25) is 6.29 Å². The van der Waals surface area contributed by atoms with Gasteiger partial charge in [0.15, 0.2) is 0 Å². The lowest BCUT2D eigenvalue weighted by molar-refractivity contribution is -0.186. The van der Waals surface area contributed by atoms with E-state index in [2.05, 4.69) is 0 Å². The average Bonchev–Trinajstić information content (AvgIpc) is 2.02. The van der Waals surface area contributed by atoms with Crippen molar-refractivity contribution in [3.63, 3.8) is 0 Å². The predicted molar refractivity (Wildman–Crippen MR) is 48.4 cm³/mol. The summed E-state index contributed by atoms with van der Waals surface area (Å²) in [5.41, 5.74) is 0. The van der Waals surface area contributed by atoms with Gasteiger partial charge in [-0.25, -0.2) is 0 Å². The number of rotatable bonds is 6. The summed E-state index contributed by atoms with van der Waals surface area (Å²) in [6, 6.07) is 0. The largest absolute Gasteiger partial charge is 0.425 e. The number of carbonyl (C=O) groups excluding carboxylic acids is 2. The zero-order valence-corrected chi connectivity index (χ0v) is 8.74. The number of methoxy groups -OCH3 is 1. The molecule has 0 aliphatic rings. The van der Waals surface area contributed by atoms with E-state index in [0.717, 1.165) is 0 Å². The monoisotopic (exact) mass is 204 g/mol. The quantitative estimate of drug-likeness (QED) is 0.365. The number of esters is 2. The van der Waals surface area contributed by atoms with Crippen molar-refractivity contribution in [1.29, 1.82) is 0 Å². The minimum absolute atomic E-state index is 0.451. The maximum atomic E-state index is 10.6. The molecular formula is C9H16O5. The third kappa shape index (κ3) is 7.54. The van der Waals surface area contributed by atoms with E-state index in [-0.39, 0.29) is 0 Å². The molecule has 0 saturated carbocycles. The summed E-state index contributed by atoms with van der Waals surface area (Å²) in [7, 11) is 1.58. The summed E-state index contributed by atoms with van der Waals surface area (Å²) in [5.74, 6) is -0.928. The Morgan fingerprint density at radius 1 is 1.14 bits per heavy atom. The van der Waals surface area contributed by atoms with Crippen LogP contribution in [0.4, 0.5) is 0 Å². The van der Waals surface area contributed by atoms with Gasteiger partial charge in [0.25, 0.3) is 0 Å². The minimum Gasteiger partial charge on any atom is -0.425 e. The molecule has 0 N–H and O–H groups in total. The second kappa shape index (κ2) is 7.32. The molecule has 0 atom stereocenters. The molecule has 0 unspecified atom stereocenters. The van der Waals surface area contributed by atoms with Crippen molar-refractivity contribution in [3.05, 3.63) is 0 Å². The predicted octanol–water partition coefficient (Wildman–Crippen LogP) is 0.865. The molecule has 82 valence electrons. The molecule has 0 aromatic carbocycles. The van der Waals surface area contributed by atoms with Crippen LogP contribution >= 0.6 is 0 Å². The van der Waals surface area contributed by atoms with E-state index in [4.69, 9.17) is 14.2 Å². The van der Waals surface area contributed by atoms with Gasteiger partial charge < -0.3 is 14.2 Å². The zero-order chi connectivity index (χ0) is 11.0. The maximum Gasteiger partial charge on any atom is 0.305 e. The molecule has 5 nitrogen and oxygen atoms in total. The SMILES string of the molecule is COCCCC(OC(C)=O)OC(C)=O. The first-order valence-corrected chi connectivity index (χ1v) is 4.39. The third-order valence-corrected chi connectivity index (χ3v) is 1.38. The highest BCUT2D eigenvalue weighted by Gasteiger charge is 2.14. The molecule has 0 radical (unpaired) electrons. The number of ether oxygens (including phenoxy) is 3. The molecule has 0 aromatic rings. The highest BCUT2D eigenvalue weighted by Crippen LogP contribution is 2.05. The van der Waals surface area contributed by atoms with E-state index < -0.39 is 18.2 Å². The standard InChI is InChI=1S/C9H16O5/c1-7(10)13-9(14-8(2)11)5-4-6-12-3/h9H,4-6H2,1-3H3. The van der Waals surface area contributed by atoms with Crippen LogP contribution in [-0.2, 0) is 23.8 Å². The molecule has 0 spiro atoms. The Morgan fingerprint density at radius 3 is 2.00 bits per heavy atom. The smallest absolute Gasteiger partial charge is 0.305 e. The fourth-order valence-electron chi connectivity index (χ4n) is 0.906. The van der Waals surface area contributed by atoms with Crippen LogP contribution in [0.5, 0.6) is 0 Å². The molecule has 0 bridgehead atoms. The molecule has 0 aliphatic heterocycles. The van der Waals surface area contributed by atoms with Crippen LogP contribution in [0.2, 0.25) is 0 Å². The summed E-state index contributed by atoms with van der Waals surface area (Å²) in [5, 5.41) is 0. The molecule has 0 rings (SSSR count). The van der Waals surface area contributed by atoms with Gasteiger partial charge in [-0.2, -0.15) is 0 Å². The van der Waals surface area contributed by atoms with Gasteiger partial charge in [0.1, 0.15) is 0 Å². The zero-order valence-electron chi connectivity index (χ0n) is 8.74. The van der Waals surface area contributed by atoms with Gasteiger partial charge in [-0.05, 0) is 6.42 Å². The van der Waals surface area contributed by atoms with Crippen LogP contribution in [0.1, 0.15) is 26.7 Å². The lowest BCUT2D eigenvalue weighted by Gasteiger charge is -2.15. The second-order valence-corrected chi connectivity index (χ2v) is 2.78. The van der Waals surface area contributed by atoms with Crippen molar-refractivity contribution < 1.29 is 23.8 Å². The summed E-state index contributed by atoms with van der Waals surface area (Å²) in [6.45, 7) is 3.08. The van der Waals surface area contributed by atoms with Gasteiger partial charge in [0, 0.05) is 34.0 Å². The van der Waals surface area contributed by atoms with E-state index in [1.54, 1.807) is 7.11 Å². The Labute approximate surface area is 83.3 Å². The van der Waals surface area contributed by atoms with E-state index >= 15 is 0 Å². The van der Waals surface area contributed by atoms with E-state index in [1.807, 2.05) is 0 Å². The Morgan fingerprint density at radius 2 is 1.64 bits per heavy atom. The van der Waals surface area contributed by atoms with Crippen LogP contribution in [0, 0.1) is 0 Å². The Balaban J connectivity index is 3.84. The van der Waals surface area contributed by atoms with E-state index in [1.165, 1.54) is 13.8 Å². The van der Waals surface area contributed by atoms with Gasteiger partial charge in [-0.1, -0.05) is 0 Å². The number of hydrogen-bond donors (Lipinski definition) is 0. The van der Waals surface area contributed by atoms with Gasteiger partial charge in [-0.3, -0.25) is 9.59 Å².